The van der Waals surface area contributed by atoms with E-state index in [1.807, 2.05) is 38.1 Å². The fourth-order valence-corrected chi connectivity index (χ4v) is 2.18. The SMILES string of the molecule is CC(C)Oc1ccc(-c2nc3ccc(Cl)cn3n2)cc1N. The van der Waals surface area contributed by atoms with Gasteiger partial charge in [-0.1, -0.05) is 11.6 Å². The molecule has 6 heteroatoms. The summed E-state index contributed by atoms with van der Waals surface area (Å²) in [6.45, 7) is 3.92. The molecule has 0 spiro atoms. The lowest BCUT2D eigenvalue weighted by molar-refractivity contribution is 0.244. The largest absolute Gasteiger partial charge is 0.489 e. The second kappa shape index (κ2) is 5.26. The first kappa shape index (κ1) is 13.7. The third-order valence-electron chi connectivity index (χ3n) is 2.93. The summed E-state index contributed by atoms with van der Waals surface area (Å²) >= 11 is 5.94. The van der Waals surface area contributed by atoms with Crippen LogP contribution in [-0.2, 0) is 0 Å². The molecule has 5 nitrogen and oxygen atoms in total. The number of hydrogen-bond donors (Lipinski definition) is 1. The first-order valence-corrected chi connectivity index (χ1v) is 6.99. The molecule has 0 aliphatic rings. The fraction of sp³-hybridized carbons (Fsp3) is 0.200. The number of anilines is 1. The van der Waals surface area contributed by atoms with Crippen LogP contribution in [0.15, 0.2) is 36.5 Å². The van der Waals surface area contributed by atoms with Gasteiger partial charge in [0.25, 0.3) is 0 Å². The van der Waals surface area contributed by atoms with Gasteiger partial charge in [-0.05, 0) is 44.2 Å². The van der Waals surface area contributed by atoms with Crippen molar-refractivity contribution in [2.24, 2.45) is 0 Å². The van der Waals surface area contributed by atoms with Crippen molar-refractivity contribution in [2.45, 2.75) is 20.0 Å². The Hall–Kier alpha value is -2.27. The fourth-order valence-electron chi connectivity index (χ4n) is 2.03. The van der Waals surface area contributed by atoms with Crippen molar-refractivity contribution in [1.82, 2.24) is 14.6 Å². The monoisotopic (exact) mass is 302 g/mol. The molecule has 3 aromatic rings. The van der Waals surface area contributed by atoms with Gasteiger partial charge in [0, 0.05) is 11.8 Å². The summed E-state index contributed by atoms with van der Waals surface area (Å²) in [5.41, 5.74) is 8.15. The molecule has 0 radical (unpaired) electrons. The lowest BCUT2D eigenvalue weighted by Crippen LogP contribution is -2.07. The molecule has 21 heavy (non-hydrogen) atoms. The van der Waals surface area contributed by atoms with Crippen LogP contribution in [0.2, 0.25) is 5.02 Å². The molecule has 3 rings (SSSR count). The second-order valence-corrected chi connectivity index (χ2v) is 5.44. The lowest BCUT2D eigenvalue weighted by atomic mass is 10.2. The van der Waals surface area contributed by atoms with Gasteiger partial charge in [-0.2, -0.15) is 0 Å². The standard InChI is InChI=1S/C15H15ClN4O/c1-9(2)21-13-5-3-10(7-12(13)17)15-18-14-6-4-11(16)8-20(14)19-15/h3-9H,17H2,1-2H3. The van der Waals surface area contributed by atoms with Crippen LogP contribution in [0.3, 0.4) is 0 Å². The molecule has 0 saturated heterocycles. The van der Waals surface area contributed by atoms with Crippen LogP contribution in [0, 0.1) is 0 Å². The van der Waals surface area contributed by atoms with E-state index in [0.717, 1.165) is 11.2 Å². The topological polar surface area (TPSA) is 65.4 Å². The van der Waals surface area contributed by atoms with Gasteiger partial charge < -0.3 is 10.5 Å². The summed E-state index contributed by atoms with van der Waals surface area (Å²) < 4.78 is 7.27. The van der Waals surface area contributed by atoms with E-state index in [2.05, 4.69) is 10.1 Å². The number of benzene rings is 1. The lowest BCUT2D eigenvalue weighted by Gasteiger charge is -2.12. The predicted octanol–water partition coefficient (Wildman–Crippen LogP) is 3.42. The highest BCUT2D eigenvalue weighted by atomic mass is 35.5. The molecule has 108 valence electrons. The maximum Gasteiger partial charge on any atom is 0.182 e. The Morgan fingerprint density at radius 3 is 2.76 bits per heavy atom. The number of nitrogens with two attached hydrogens (primary N) is 1. The van der Waals surface area contributed by atoms with Crippen LogP contribution in [0.1, 0.15) is 13.8 Å². The molecule has 0 unspecified atom stereocenters. The molecule has 0 bridgehead atoms. The van der Waals surface area contributed by atoms with Crippen LogP contribution in [-0.4, -0.2) is 20.7 Å². The van der Waals surface area contributed by atoms with Gasteiger partial charge in [0.15, 0.2) is 11.5 Å². The predicted molar refractivity (Wildman–Crippen MR) is 83.6 cm³/mol. The van der Waals surface area contributed by atoms with Crippen molar-refractivity contribution in [1.29, 1.82) is 0 Å². The Labute approximate surface area is 127 Å². The van der Waals surface area contributed by atoms with Crippen molar-refractivity contribution < 1.29 is 4.74 Å². The molecular weight excluding hydrogens is 288 g/mol. The van der Waals surface area contributed by atoms with E-state index < -0.39 is 0 Å². The normalized spacial score (nSPS) is 11.2. The van der Waals surface area contributed by atoms with Crippen molar-refractivity contribution in [3.63, 3.8) is 0 Å². The molecule has 0 aliphatic carbocycles. The number of rotatable bonds is 3. The van der Waals surface area contributed by atoms with Crippen molar-refractivity contribution in [2.75, 3.05) is 5.73 Å². The van der Waals surface area contributed by atoms with Gasteiger partial charge in [0.2, 0.25) is 0 Å². The van der Waals surface area contributed by atoms with Crippen LogP contribution >= 0.6 is 11.6 Å². The van der Waals surface area contributed by atoms with Gasteiger partial charge in [-0.25, -0.2) is 9.50 Å². The average Bonchev–Trinajstić information content (AvgIpc) is 2.83. The highest BCUT2D eigenvalue weighted by Gasteiger charge is 2.10. The first-order chi connectivity index (χ1) is 10.0. The molecule has 2 heterocycles. The van der Waals surface area contributed by atoms with Gasteiger partial charge in [-0.15, -0.1) is 5.10 Å². The summed E-state index contributed by atoms with van der Waals surface area (Å²) in [6, 6.07) is 9.14. The third-order valence-corrected chi connectivity index (χ3v) is 3.15. The van der Waals surface area contributed by atoms with Crippen LogP contribution < -0.4 is 10.5 Å². The average molecular weight is 303 g/mol. The highest BCUT2D eigenvalue weighted by molar-refractivity contribution is 6.30. The smallest absolute Gasteiger partial charge is 0.182 e. The van der Waals surface area contributed by atoms with Crippen LogP contribution in [0.4, 0.5) is 5.69 Å². The van der Waals surface area contributed by atoms with E-state index in [4.69, 9.17) is 22.1 Å². The van der Waals surface area contributed by atoms with E-state index in [-0.39, 0.29) is 6.10 Å². The second-order valence-electron chi connectivity index (χ2n) is 5.00. The first-order valence-electron chi connectivity index (χ1n) is 6.61. The third kappa shape index (κ3) is 2.78. The zero-order valence-corrected chi connectivity index (χ0v) is 12.5. The quantitative estimate of drug-likeness (QED) is 0.753. The molecule has 1 aromatic carbocycles. The van der Waals surface area contributed by atoms with E-state index in [1.165, 1.54) is 0 Å². The van der Waals surface area contributed by atoms with Gasteiger partial charge in [-0.3, -0.25) is 0 Å². The molecule has 0 saturated carbocycles. The minimum Gasteiger partial charge on any atom is -0.489 e. The summed E-state index contributed by atoms with van der Waals surface area (Å²) in [5.74, 6) is 1.26. The van der Waals surface area contributed by atoms with Gasteiger partial charge in [0.05, 0.1) is 16.8 Å². The molecule has 0 fully saturated rings. The Bertz CT molecular complexity index is 797. The number of fused-ring (bicyclic) bond motifs is 1. The van der Waals surface area contributed by atoms with E-state index >= 15 is 0 Å². The Balaban J connectivity index is 2.00. The summed E-state index contributed by atoms with van der Waals surface area (Å²) in [6.07, 6.45) is 1.79. The van der Waals surface area contributed by atoms with Crippen LogP contribution in [0.5, 0.6) is 5.75 Å². The summed E-state index contributed by atoms with van der Waals surface area (Å²) in [4.78, 5) is 4.45. The number of hydrogen-bond acceptors (Lipinski definition) is 4. The van der Waals surface area contributed by atoms with Gasteiger partial charge in [0.1, 0.15) is 5.75 Å². The van der Waals surface area contributed by atoms with Crippen molar-refractivity contribution in [3.05, 3.63) is 41.6 Å². The minimum absolute atomic E-state index is 0.0774. The summed E-state index contributed by atoms with van der Waals surface area (Å²) in [5, 5.41) is 5.01. The number of ether oxygens (including phenoxy) is 1. The molecular formula is C15H15ClN4O. The molecule has 2 N–H and O–H groups in total. The molecule has 0 aliphatic heterocycles. The summed E-state index contributed by atoms with van der Waals surface area (Å²) in [7, 11) is 0. The maximum absolute atomic E-state index is 6.02. The van der Waals surface area contributed by atoms with E-state index in [9.17, 15) is 0 Å². The number of nitrogen functional groups attached to an aromatic ring is 1. The minimum atomic E-state index is 0.0774. The number of halogens is 1. The Morgan fingerprint density at radius 2 is 2.05 bits per heavy atom. The Morgan fingerprint density at radius 1 is 1.24 bits per heavy atom. The van der Waals surface area contributed by atoms with Gasteiger partial charge >= 0.3 is 0 Å². The maximum atomic E-state index is 6.02. The van der Waals surface area contributed by atoms with Crippen molar-refractivity contribution in [3.8, 4) is 17.1 Å². The number of nitrogens with zero attached hydrogens (tertiary/aromatic N) is 3. The number of pyridine rings is 1. The molecule has 2 aromatic heterocycles. The van der Waals surface area contributed by atoms with E-state index in [1.54, 1.807) is 16.8 Å². The zero-order chi connectivity index (χ0) is 15.0. The van der Waals surface area contributed by atoms with E-state index in [0.29, 0.717) is 22.3 Å². The highest BCUT2D eigenvalue weighted by Crippen LogP contribution is 2.28. The Kier molecular flexibility index (Phi) is 3.43. The molecule has 0 atom stereocenters. The zero-order valence-electron chi connectivity index (χ0n) is 11.7. The van der Waals surface area contributed by atoms with Crippen molar-refractivity contribution >= 4 is 22.9 Å². The molecule has 0 amide bonds. The number of aromatic nitrogens is 3. The van der Waals surface area contributed by atoms with Crippen LogP contribution in [0.25, 0.3) is 17.0 Å².